The van der Waals surface area contributed by atoms with Crippen LogP contribution in [0.5, 0.6) is 11.5 Å². The Morgan fingerprint density at radius 3 is 2.34 bits per heavy atom. The van der Waals surface area contributed by atoms with Gasteiger partial charge in [-0.2, -0.15) is 0 Å². The maximum atomic E-state index is 14.2. The van der Waals surface area contributed by atoms with Crippen molar-refractivity contribution in [1.82, 2.24) is 14.7 Å². The maximum absolute atomic E-state index is 14.2. The van der Waals surface area contributed by atoms with Gasteiger partial charge in [-0.25, -0.2) is 8.78 Å². The monoisotopic (exact) mass is 525 g/mol. The van der Waals surface area contributed by atoms with Gasteiger partial charge < -0.3 is 19.4 Å². The molecule has 2 heterocycles. The SMILES string of the molecule is CC(C)C(C(=O)N1CCC(N(C)C2CC2)CC1)N1Cc2cc(Oc3ccc(F)cc3F)ccc2CCC1=O. The number of benzene rings is 2. The topological polar surface area (TPSA) is 53.1 Å². The Bertz CT molecular complexity index is 1190. The quantitative estimate of drug-likeness (QED) is 0.502. The minimum atomic E-state index is -0.783. The molecule has 2 amide bonds. The van der Waals surface area contributed by atoms with E-state index in [1.165, 1.54) is 18.9 Å². The van der Waals surface area contributed by atoms with E-state index >= 15 is 0 Å². The van der Waals surface area contributed by atoms with Crippen molar-refractivity contribution in [2.75, 3.05) is 20.1 Å². The molecule has 8 heteroatoms. The molecule has 0 radical (unpaired) electrons. The van der Waals surface area contributed by atoms with Gasteiger partial charge in [0.15, 0.2) is 11.6 Å². The molecule has 2 aromatic carbocycles. The summed E-state index contributed by atoms with van der Waals surface area (Å²) >= 11 is 0. The zero-order chi connectivity index (χ0) is 27.0. The Morgan fingerprint density at radius 1 is 0.974 bits per heavy atom. The van der Waals surface area contributed by atoms with Crippen LogP contribution >= 0.6 is 0 Å². The molecule has 1 atom stereocenters. The number of ether oxygens (including phenoxy) is 1. The van der Waals surface area contributed by atoms with Gasteiger partial charge in [-0.05, 0) is 80.5 Å². The van der Waals surface area contributed by atoms with Crippen LogP contribution in [-0.4, -0.2) is 64.8 Å². The number of piperidine rings is 1. The number of carbonyl (C=O) groups is 2. The van der Waals surface area contributed by atoms with Crippen LogP contribution < -0.4 is 4.74 Å². The zero-order valence-corrected chi connectivity index (χ0v) is 22.5. The molecule has 0 bridgehead atoms. The molecule has 0 spiro atoms. The second kappa shape index (κ2) is 11.0. The minimum absolute atomic E-state index is 0.0186. The molecule has 2 fully saturated rings. The Morgan fingerprint density at radius 2 is 1.68 bits per heavy atom. The Hall–Kier alpha value is -3.00. The molecule has 38 heavy (non-hydrogen) atoms. The Balaban J connectivity index is 1.32. The highest BCUT2D eigenvalue weighted by Gasteiger charge is 2.39. The van der Waals surface area contributed by atoms with Crippen LogP contribution in [0.25, 0.3) is 0 Å². The van der Waals surface area contributed by atoms with Crippen LogP contribution in [0.15, 0.2) is 36.4 Å². The second-order valence-electron chi connectivity index (χ2n) is 11.3. The van der Waals surface area contributed by atoms with E-state index in [-0.39, 0.29) is 30.0 Å². The molecule has 5 rings (SSSR count). The smallest absolute Gasteiger partial charge is 0.245 e. The van der Waals surface area contributed by atoms with Crippen LogP contribution in [0.2, 0.25) is 0 Å². The van der Waals surface area contributed by atoms with Crippen molar-refractivity contribution < 1.29 is 23.1 Å². The highest BCUT2D eigenvalue weighted by atomic mass is 19.1. The molecule has 0 aromatic heterocycles. The first-order valence-electron chi connectivity index (χ1n) is 13.8. The summed E-state index contributed by atoms with van der Waals surface area (Å²) in [4.78, 5) is 33.3. The molecule has 0 N–H and O–H groups in total. The molecule has 1 saturated carbocycles. The number of fused-ring (bicyclic) bond motifs is 1. The number of rotatable bonds is 7. The number of hydrogen-bond donors (Lipinski definition) is 0. The van der Waals surface area contributed by atoms with E-state index in [0.29, 0.717) is 43.8 Å². The summed E-state index contributed by atoms with van der Waals surface area (Å²) < 4.78 is 33.2. The van der Waals surface area contributed by atoms with Crippen molar-refractivity contribution in [1.29, 1.82) is 0 Å². The van der Waals surface area contributed by atoms with E-state index in [1.807, 2.05) is 24.8 Å². The van der Waals surface area contributed by atoms with Gasteiger partial charge in [-0.1, -0.05) is 19.9 Å². The first kappa shape index (κ1) is 26.6. The van der Waals surface area contributed by atoms with Crippen molar-refractivity contribution in [3.63, 3.8) is 0 Å². The summed E-state index contributed by atoms with van der Waals surface area (Å²) in [6.07, 6.45) is 5.35. The number of halogens is 2. The third kappa shape index (κ3) is 5.70. The van der Waals surface area contributed by atoms with E-state index in [4.69, 9.17) is 4.74 Å². The van der Waals surface area contributed by atoms with Gasteiger partial charge in [0.05, 0.1) is 0 Å². The summed E-state index contributed by atoms with van der Waals surface area (Å²) in [7, 11) is 2.20. The molecule has 1 unspecified atom stereocenters. The third-order valence-corrected chi connectivity index (χ3v) is 8.26. The van der Waals surface area contributed by atoms with E-state index in [2.05, 4.69) is 11.9 Å². The molecule has 204 valence electrons. The zero-order valence-electron chi connectivity index (χ0n) is 22.5. The van der Waals surface area contributed by atoms with Gasteiger partial charge >= 0.3 is 0 Å². The molecular formula is C30H37F2N3O3. The predicted molar refractivity (Wildman–Crippen MR) is 141 cm³/mol. The molecule has 1 aliphatic carbocycles. The van der Waals surface area contributed by atoms with Gasteiger partial charge in [-0.3, -0.25) is 9.59 Å². The molecule has 2 aliphatic heterocycles. The number of likely N-dealkylation sites (tertiary alicyclic amines) is 1. The molecule has 2 aromatic rings. The average Bonchev–Trinajstić information content (AvgIpc) is 3.75. The van der Waals surface area contributed by atoms with Gasteiger partial charge in [0, 0.05) is 44.2 Å². The normalized spacial score (nSPS) is 19.5. The average molecular weight is 526 g/mol. The Kier molecular flexibility index (Phi) is 7.70. The van der Waals surface area contributed by atoms with Crippen LogP contribution in [0.1, 0.15) is 57.1 Å². The van der Waals surface area contributed by atoms with Crippen molar-refractivity contribution in [2.45, 2.75) is 77.0 Å². The van der Waals surface area contributed by atoms with Gasteiger partial charge in [0.2, 0.25) is 11.8 Å². The van der Waals surface area contributed by atoms with Crippen LogP contribution in [0, 0.1) is 17.6 Å². The molecular weight excluding hydrogens is 488 g/mol. The van der Waals surface area contributed by atoms with Crippen molar-refractivity contribution in [3.8, 4) is 11.5 Å². The summed E-state index contributed by atoms with van der Waals surface area (Å²) in [6, 6.07) is 9.26. The van der Waals surface area contributed by atoms with Crippen molar-refractivity contribution in [2.24, 2.45) is 5.92 Å². The lowest BCUT2D eigenvalue weighted by molar-refractivity contribution is -0.149. The maximum Gasteiger partial charge on any atom is 0.245 e. The fraction of sp³-hybridized carbons (Fsp3) is 0.533. The summed E-state index contributed by atoms with van der Waals surface area (Å²) in [5.74, 6) is -1.19. The molecule has 6 nitrogen and oxygen atoms in total. The van der Waals surface area contributed by atoms with Crippen molar-refractivity contribution in [3.05, 3.63) is 59.2 Å². The van der Waals surface area contributed by atoms with Gasteiger partial charge in [0.1, 0.15) is 17.6 Å². The number of nitrogens with zero attached hydrogens (tertiary/aromatic N) is 3. The summed E-state index contributed by atoms with van der Waals surface area (Å²) in [5, 5.41) is 0. The first-order chi connectivity index (χ1) is 18.2. The largest absolute Gasteiger partial charge is 0.454 e. The van der Waals surface area contributed by atoms with Crippen molar-refractivity contribution >= 4 is 11.8 Å². The number of carbonyl (C=O) groups excluding carboxylic acids is 2. The minimum Gasteiger partial charge on any atom is -0.454 e. The lowest BCUT2D eigenvalue weighted by Gasteiger charge is -2.41. The van der Waals surface area contributed by atoms with E-state index in [0.717, 1.165) is 36.1 Å². The van der Waals surface area contributed by atoms with E-state index in [1.54, 1.807) is 17.0 Å². The number of amides is 2. The molecule has 1 saturated heterocycles. The van der Waals surface area contributed by atoms with E-state index in [9.17, 15) is 18.4 Å². The number of hydrogen-bond acceptors (Lipinski definition) is 4. The standard InChI is InChI=1S/C30H37F2N3O3/c1-19(2)29(30(37)34-14-12-24(13-15-34)33(3)23-7-8-23)35-18-21-16-25(9-4-20(21)5-11-28(35)36)38-27-10-6-22(31)17-26(27)32/h4,6,9-10,16-17,19,23-24,29H,5,7-8,11-15,18H2,1-3H3. The van der Waals surface area contributed by atoms with Crippen LogP contribution in [0.3, 0.4) is 0 Å². The van der Waals surface area contributed by atoms with Gasteiger partial charge in [0.25, 0.3) is 0 Å². The van der Waals surface area contributed by atoms with Crippen LogP contribution in [-0.2, 0) is 22.6 Å². The number of aryl methyl sites for hydroxylation is 1. The fourth-order valence-electron chi connectivity index (χ4n) is 5.89. The predicted octanol–water partition coefficient (Wildman–Crippen LogP) is 5.14. The lowest BCUT2D eigenvalue weighted by atomic mass is 9.97. The fourth-order valence-corrected chi connectivity index (χ4v) is 5.89. The van der Waals surface area contributed by atoms with Crippen LogP contribution in [0.4, 0.5) is 8.78 Å². The highest BCUT2D eigenvalue weighted by molar-refractivity contribution is 5.88. The first-order valence-corrected chi connectivity index (χ1v) is 13.8. The third-order valence-electron chi connectivity index (χ3n) is 8.26. The lowest BCUT2D eigenvalue weighted by Crippen LogP contribution is -2.55. The summed E-state index contributed by atoms with van der Waals surface area (Å²) in [6.45, 7) is 5.69. The Labute approximate surface area is 223 Å². The highest BCUT2D eigenvalue weighted by Crippen LogP contribution is 2.33. The van der Waals surface area contributed by atoms with E-state index < -0.39 is 17.7 Å². The molecule has 3 aliphatic rings. The second-order valence-corrected chi connectivity index (χ2v) is 11.3. The summed E-state index contributed by atoms with van der Waals surface area (Å²) in [5.41, 5.74) is 1.88. The van der Waals surface area contributed by atoms with Gasteiger partial charge in [-0.15, -0.1) is 0 Å².